The lowest BCUT2D eigenvalue weighted by Crippen LogP contribution is -2.50. The highest BCUT2D eigenvalue weighted by molar-refractivity contribution is 6.31. The van der Waals surface area contributed by atoms with Crippen LogP contribution in [-0.4, -0.2) is 77.2 Å². The predicted molar refractivity (Wildman–Crippen MR) is 150 cm³/mol. The van der Waals surface area contributed by atoms with E-state index >= 15 is 0 Å². The topological polar surface area (TPSA) is 142 Å². The number of amides is 2. The van der Waals surface area contributed by atoms with Gasteiger partial charge in [0.25, 0.3) is 0 Å². The molecule has 1 spiro atoms. The van der Waals surface area contributed by atoms with Gasteiger partial charge in [0, 0.05) is 43.7 Å². The first-order valence-electron chi connectivity index (χ1n) is 14.4. The number of aliphatic carboxylic acids is 1. The van der Waals surface area contributed by atoms with E-state index in [0.29, 0.717) is 59.8 Å². The molecule has 0 bridgehead atoms. The second-order valence-corrected chi connectivity index (χ2v) is 13.0. The van der Waals surface area contributed by atoms with E-state index < -0.39 is 47.5 Å². The first kappa shape index (κ1) is 31.2. The molecule has 2 saturated carbocycles. The van der Waals surface area contributed by atoms with Crippen LogP contribution < -0.4 is 16.3 Å². The smallest absolute Gasteiger partial charge is 0.434 e. The quantitative estimate of drug-likeness (QED) is 0.293. The van der Waals surface area contributed by atoms with Crippen LogP contribution in [0, 0.1) is 16.7 Å². The summed E-state index contributed by atoms with van der Waals surface area (Å²) < 4.78 is 46.8. The Morgan fingerprint density at radius 3 is 2.53 bits per heavy atom. The Morgan fingerprint density at radius 2 is 1.95 bits per heavy atom. The van der Waals surface area contributed by atoms with E-state index in [1.54, 1.807) is 22.8 Å². The Balaban J connectivity index is 1.54. The molecule has 2 heterocycles. The summed E-state index contributed by atoms with van der Waals surface area (Å²) in [6, 6.07) is 2.33. The molecule has 5 N–H and O–H groups in total. The maximum absolute atomic E-state index is 14.2. The number of carbonyl (C=O) groups is 3. The number of halogens is 4. The highest BCUT2D eigenvalue weighted by Crippen LogP contribution is 2.54. The van der Waals surface area contributed by atoms with Gasteiger partial charge in [-0.3, -0.25) is 14.4 Å². The molecule has 43 heavy (non-hydrogen) atoms. The molecule has 2 aliphatic carbocycles. The minimum Gasteiger partial charge on any atom is -0.487 e. The van der Waals surface area contributed by atoms with Gasteiger partial charge in [-0.15, -0.1) is 0 Å². The molecular weight excluding hydrogens is 591 g/mol. The van der Waals surface area contributed by atoms with Crippen molar-refractivity contribution in [3.05, 3.63) is 39.7 Å². The molecule has 3 fully saturated rings. The summed E-state index contributed by atoms with van der Waals surface area (Å²) in [5, 5.41) is 10.8. The van der Waals surface area contributed by atoms with Crippen LogP contribution in [0.3, 0.4) is 0 Å². The number of ether oxygens (including phenoxy) is 1. The van der Waals surface area contributed by atoms with Crippen LogP contribution in [0.4, 0.5) is 13.2 Å². The molecule has 0 unspecified atom stereocenters. The van der Waals surface area contributed by atoms with E-state index in [2.05, 4.69) is 0 Å². The summed E-state index contributed by atoms with van der Waals surface area (Å²) in [6.45, 7) is 1.83. The Bertz CT molecular complexity index is 1360. The van der Waals surface area contributed by atoms with E-state index in [-0.39, 0.29) is 36.1 Å². The fraction of sp³-hybridized carbons (Fsp3) is 0.621. The Hall–Kier alpha value is -3.19. The van der Waals surface area contributed by atoms with Crippen molar-refractivity contribution in [2.45, 2.75) is 64.1 Å². The van der Waals surface area contributed by atoms with Crippen LogP contribution >= 0.6 is 11.6 Å². The maximum Gasteiger partial charge on any atom is 0.434 e. The Labute approximate surface area is 252 Å². The maximum atomic E-state index is 14.2. The monoisotopic (exact) mass is 627 g/mol. The van der Waals surface area contributed by atoms with Crippen LogP contribution in [0.2, 0.25) is 5.02 Å². The first-order valence-corrected chi connectivity index (χ1v) is 14.8. The number of likely N-dealkylation sites (tertiary alicyclic amines) is 1. The van der Waals surface area contributed by atoms with Crippen LogP contribution in [0.15, 0.2) is 23.5 Å². The number of hydrazine groups is 1. The van der Waals surface area contributed by atoms with Crippen molar-refractivity contribution < 1.29 is 37.4 Å². The van der Waals surface area contributed by atoms with Crippen molar-refractivity contribution in [3.8, 4) is 5.75 Å². The van der Waals surface area contributed by atoms with Gasteiger partial charge in [0.05, 0.1) is 23.1 Å². The fourth-order valence-electron chi connectivity index (χ4n) is 7.08. The van der Waals surface area contributed by atoms with Crippen molar-refractivity contribution >= 4 is 29.4 Å². The first-order chi connectivity index (χ1) is 20.1. The minimum absolute atomic E-state index is 0.0364. The second kappa shape index (κ2) is 11.1. The number of nitrogens with zero attached hydrogens (tertiary/aromatic N) is 3. The number of allylic oxidation sites excluding steroid dienone is 1. The summed E-state index contributed by atoms with van der Waals surface area (Å²) in [5.41, 5.74) is 3.76. The van der Waals surface area contributed by atoms with Crippen LogP contribution in [0.5, 0.6) is 5.75 Å². The number of hydrogen-bond acceptors (Lipinski definition) is 7. The predicted octanol–water partition coefficient (Wildman–Crippen LogP) is 3.59. The van der Waals surface area contributed by atoms with Gasteiger partial charge in [-0.05, 0) is 62.1 Å². The number of rotatable bonds is 8. The Morgan fingerprint density at radius 1 is 1.26 bits per heavy atom. The van der Waals surface area contributed by atoms with Gasteiger partial charge in [-0.1, -0.05) is 18.0 Å². The molecular formula is C29H37ClF3N5O5. The molecule has 10 nitrogen and oxygen atoms in total. The van der Waals surface area contributed by atoms with Gasteiger partial charge >= 0.3 is 12.1 Å². The van der Waals surface area contributed by atoms with Crippen LogP contribution in [0.1, 0.15) is 62.6 Å². The number of hydrogen-bond donors (Lipinski definition) is 3. The number of carboxylic acids is 1. The van der Waals surface area contributed by atoms with Crippen LogP contribution in [0.25, 0.3) is 0 Å². The van der Waals surface area contributed by atoms with Crippen molar-refractivity contribution in [1.82, 2.24) is 14.8 Å². The van der Waals surface area contributed by atoms with Crippen molar-refractivity contribution in [2.24, 2.45) is 28.3 Å². The lowest BCUT2D eigenvalue weighted by atomic mass is 9.78. The van der Waals surface area contributed by atoms with E-state index in [1.165, 1.54) is 6.07 Å². The third-order valence-electron chi connectivity index (χ3n) is 9.66. The van der Waals surface area contributed by atoms with Gasteiger partial charge in [-0.2, -0.15) is 13.2 Å². The van der Waals surface area contributed by atoms with Gasteiger partial charge in [0.15, 0.2) is 5.70 Å². The lowest BCUT2D eigenvalue weighted by molar-refractivity contribution is -0.157. The fourth-order valence-corrected chi connectivity index (χ4v) is 7.34. The molecule has 14 heteroatoms. The van der Waals surface area contributed by atoms with Gasteiger partial charge < -0.3 is 30.4 Å². The molecule has 1 aromatic rings. The summed E-state index contributed by atoms with van der Waals surface area (Å²) in [5.74, 6) is 3.40. The standard InChI is InChI=1S/C29H37ClF3N5O5/c1-27(26(41)42)8-3-4-17(27)25(40)38-11-7-16-18(30)5-6-21(43-14-19(34)24(36(2)35)29(31,32)33)23(16)20(38)13-37-15-28(9-10-28)12-22(37)39/h5-6,17,20H,3-4,7-15,34-35H2,1-2H3,(H,41,42)/b24-19-/t17-,20+,27-/m0/s1. The largest absolute Gasteiger partial charge is 0.487 e. The van der Waals surface area contributed by atoms with E-state index in [4.69, 9.17) is 27.9 Å². The third-order valence-corrected chi connectivity index (χ3v) is 10.0. The number of alkyl halides is 3. The molecule has 4 aliphatic rings. The number of carbonyl (C=O) groups excluding carboxylic acids is 2. The normalized spacial score (nSPS) is 26.8. The summed E-state index contributed by atoms with van der Waals surface area (Å²) in [6.07, 6.45) is -0.831. The van der Waals surface area contributed by atoms with Gasteiger partial charge in [-0.25, -0.2) is 5.84 Å². The number of fused-ring (bicyclic) bond motifs is 1. The van der Waals surface area contributed by atoms with Gasteiger partial charge in [0.2, 0.25) is 11.8 Å². The zero-order valence-electron chi connectivity index (χ0n) is 24.2. The van der Waals surface area contributed by atoms with E-state index in [0.717, 1.165) is 19.9 Å². The van der Waals surface area contributed by atoms with Crippen molar-refractivity contribution in [1.29, 1.82) is 0 Å². The SMILES string of the molecule is CN(N)/C(=C(\N)COc1ccc(Cl)c2c1[C@@H](CN1CC3(CC3)CC1=O)N(C(=O)[C@@H]1CCC[C@]1(C)C(=O)O)CC2)C(F)(F)F. The highest BCUT2D eigenvalue weighted by atomic mass is 35.5. The summed E-state index contributed by atoms with van der Waals surface area (Å²) in [4.78, 5) is 42.9. The third kappa shape index (κ3) is 5.73. The minimum atomic E-state index is -4.82. The lowest BCUT2D eigenvalue weighted by Gasteiger charge is -2.42. The molecule has 236 valence electrons. The molecule has 0 aromatic heterocycles. The van der Waals surface area contributed by atoms with E-state index in [1.807, 2.05) is 0 Å². The average molecular weight is 628 g/mol. The molecule has 1 saturated heterocycles. The number of carboxylic acid groups (broad SMARTS) is 1. The second-order valence-electron chi connectivity index (χ2n) is 12.6. The Kier molecular flexibility index (Phi) is 8.04. The summed E-state index contributed by atoms with van der Waals surface area (Å²) in [7, 11) is 1.02. The van der Waals surface area contributed by atoms with Gasteiger partial charge in [0.1, 0.15) is 12.4 Å². The molecule has 2 amide bonds. The molecule has 5 rings (SSSR count). The number of benzene rings is 1. The van der Waals surface area contributed by atoms with E-state index in [9.17, 15) is 32.7 Å². The molecule has 0 radical (unpaired) electrons. The zero-order valence-corrected chi connectivity index (χ0v) is 24.9. The zero-order chi connectivity index (χ0) is 31.5. The molecule has 3 atom stereocenters. The highest BCUT2D eigenvalue weighted by Gasteiger charge is 2.54. The number of nitrogens with two attached hydrogens (primary N) is 2. The van der Waals surface area contributed by atoms with Crippen molar-refractivity contribution in [2.75, 3.05) is 33.3 Å². The average Bonchev–Trinajstić information content (AvgIpc) is 3.42. The summed E-state index contributed by atoms with van der Waals surface area (Å²) >= 11 is 6.61. The molecule has 2 aliphatic heterocycles. The molecule has 1 aromatic carbocycles. The van der Waals surface area contributed by atoms with Crippen LogP contribution in [-0.2, 0) is 20.8 Å². The van der Waals surface area contributed by atoms with Crippen molar-refractivity contribution in [3.63, 3.8) is 0 Å².